The number of hydrogen-bond donors (Lipinski definition) is 2. The van der Waals surface area contributed by atoms with Gasteiger partial charge in [-0.15, -0.1) is 0 Å². The summed E-state index contributed by atoms with van der Waals surface area (Å²) in [6.07, 6.45) is 4.37. The number of anilines is 2. The van der Waals surface area contributed by atoms with Crippen molar-refractivity contribution in [1.82, 2.24) is 9.97 Å². The van der Waals surface area contributed by atoms with Gasteiger partial charge in [0.15, 0.2) is 0 Å². The van der Waals surface area contributed by atoms with Crippen LogP contribution in [0.4, 0.5) is 17.5 Å². The van der Waals surface area contributed by atoms with E-state index < -0.39 is 15.7 Å². The summed E-state index contributed by atoms with van der Waals surface area (Å²) in [5.41, 5.74) is -0.162. The molecule has 0 aliphatic carbocycles. The minimum absolute atomic E-state index is 0.162. The van der Waals surface area contributed by atoms with Crippen LogP contribution in [0.1, 0.15) is 19.8 Å². The zero-order valence-corrected chi connectivity index (χ0v) is 12.4. The second-order valence-corrected chi connectivity index (χ2v) is 5.72. The molecule has 1 aromatic rings. The maximum Gasteiger partial charge on any atom is 0.329 e. The maximum absolute atomic E-state index is 10.9. The molecule has 0 amide bonds. The molecule has 1 unspecified atom stereocenters. The Hall–Kier alpha value is -1.77. The maximum atomic E-state index is 10.9. The number of nitrogens with one attached hydrogen (secondary N) is 2. The van der Waals surface area contributed by atoms with Crippen LogP contribution in [0.5, 0.6) is 0 Å². The van der Waals surface area contributed by atoms with E-state index in [1.807, 2.05) is 6.92 Å². The number of aromatic nitrogens is 2. The molecule has 0 aliphatic heterocycles. The molecular formula is C11H19N5O3S. The molecule has 0 fully saturated rings. The van der Waals surface area contributed by atoms with E-state index in [1.54, 1.807) is 6.26 Å². The lowest BCUT2D eigenvalue weighted by Crippen LogP contribution is -2.12. The van der Waals surface area contributed by atoms with Gasteiger partial charge >= 0.3 is 5.69 Å². The van der Waals surface area contributed by atoms with Crippen LogP contribution >= 0.6 is 0 Å². The Kier molecular flexibility index (Phi) is 6.85. The van der Waals surface area contributed by atoms with Gasteiger partial charge in [-0.2, -0.15) is 4.98 Å². The molecule has 1 aromatic heterocycles. The summed E-state index contributed by atoms with van der Waals surface area (Å²) in [6.45, 7) is 3.18. The summed E-state index contributed by atoms with van der Waals surface area (Å²) in [7, 11) is -0.865. The lowest BCUT2D eigenvalue weighted by Gasteiger charge is -2.08. The minimum Gasteiger partial charge on any atom is -0.364 e. The highest BCUT2D eigenvalue weighted by molar-refractivity contribution is 7.84. The first-order valence-corrected chi connectivity index (χ1v) is 8.06. The van der Waals surface area contributed by atoms with Crippen LogP contribution in [0.15, 0.2) is 6.20 Å². The molecule has 8 nitrogen and oxygen atoms in total. The first kappa shape index (κ1) is 16.3. The van der Waals surface area contributed by atoms with E-state index in [-0.39, 0.29) is 11.5 Å². The van der Waals surface area contributed by atoms with Crippen molar-refractivity contribution in [1.29, 1.82) is 0 Å². The summed E-state index contributed by atoms with van der Waals surface area (Å²) in [6, 6.07) is 0. The third-order valence-corrected chi connectivity index (χ3v) is 3.26. The lowest BCUT2D eigenvalue weighted by molar-refractivity contribution is -0.384. The van der Waals surface area contributed by atoms with Gasteiger partial charge in [-0.3, -0.25) is 14.3 Å². The zero-order valence-electron chi connectivity index (χ0n) is 11.6. The van der Waals surface area contributed by atoms with Crippen molar-refractivity contribution in [3.05, 3.63) is 16.3 Å². The standard InChI is InChI=1S/C11H19N5O3S/c1-3-5-13-11-14-8-9(16(17)18)10(15-11)12-6-4-7-20(2)19/h8H,3-7H2,1-2H3,(H2,12,13,14,15). The van der Waals surface area contributed by atoms with Crippen molar-refractivity contribution in [2.24, 2.45) is 0 Å². The van der Waals surface area contributed by atoms with Crippen LogP contribution in [0, 0.1) is 10.1 Å². The van der Waals surface area contributed by atoms with Gasteiger partial charge < -0.3 is 10.6 Å². The molecule has 0 aliphatic rings. The molecule has 0 spiro atoms. The predicted molar refractivity (Wildman–Crippen MR) is 79.5 cm³/mol. The van der Waals surface area contributed by atoms with E-state index in [0.717, 1.165) is 6.42 Å². The van der Waals surface area contributed by atoms with Gasteiger partial charge in [-0.05, 0) is 12.8 Å². The number of nitro groups is 1. The van der Waals surface area contributed by atoms with E-state index in [9.17, 15) is 14.3 Å². The summed E-state index contributed by atoms with van der Waals surface area (Å²) in [5, 5.41) is 16.8. The van der Waals surface area contributed by atoms with Gasteiger partial charge in [0.1, 0.15) is 6.20 Å². The van der Waals surface area contributed by atoms with Crippen molar-refractivity contribution >= 4 is 28.3 Å². The van der Waals surface area contributed by atoms with Crippen molar-refractivity contribution in [2.45, 2.75) is 19.8 Å². The van der Waals surface area contributed by atoms with Gasteiger partial charge in [0, 0.05) is 35.9 Å². The molecule has 1 rings (SSSR count). The second kappa shape index (κ2) is 8.41. The monoisotopic (exact) mass is 301 g/mol. The van der Waals surface area contributed by atoms with Gasteiger partial charge in [0.2, 0.25) is 11.8 Å². The Morgan fingerprint density at radius 3 is 2.75 bits per heavy atom. The Labute approximate surface area is 120 Å². The van der Waals surface area contributed by atoms with Crippen LogP contribution in [0.25, 0.3) is 0 Å². The fraction of sp³-hybridized carbons (Fsp3) is 0.636. The van der Waals surface area contributed by atoms with Crippen LogP contribution in [-0.2, 0) is 10.8 Å². The van der Waals surface area contributed by atoms with Gasteiger partial charge in [-0.1, -0.05) is 6.92 Å². The molecule has 0 bridgehead atoms. The topological polar surface area (TPSA) is 110 Å². The Bertz CT molecular complexity index is 483. The molecule has 1 atom stereocenters. The second-order valence-electron chi connectivity index (χ2n) is 4.17. The molecule has 2 N–H and O–H groups in total. The molecule has 0 aromatic carbocycles. The summed E-state index contributed by atoms with van der Waals surface area (Å²) >= 11 is 0. The van der Waals surface area contributed by atoms with Crippen LogP contribution in [0.3, 0.4) is 0 Å². The fourth-order valence-electron chi connectivity index (χ4n) is 1.44. The summed E-state index contributed by atoms with van der Waals surface area (Å²) < 4.78 is 10.9. The highest BCUT2D eigenvalue weighted by Gasteiger charge is 2.16. The molecule has 0 saturated carbocycles. The number of rotatable bonds is 9. The molecule has 9 heteroatoms. The Balaban J connectivity index is 2.72. The van der Waals surface area contributed by atoms with Crippen molar-refractivity contribution in [3.8, 4) is 0 Å². The van der Waals surface area contributed by atoms with Crippen molar-refractivity contribution in [3.63, 3.8) is 0 Å². The molecule has 20 heavy (non-hydrogen) atoms. The third-order valence-electron chi connectivity index (χ3n) is 2.40. The van der Waals surface area contributed by atoms with Crippen LogP contribution in [-0.4, -0.2) is 44.2 Å². The largest absolute Gasteiger partial charge is 0.364 e. The zero-order chi connectivity index (χ0) is 15.0. The number of hydrogen-bond acceptors (Lipinski definition) is 7. The normalized spacial score (nSPS) is 11.9. The number of nitrogens with zero attached hydrogens (tertiary/aromatic N) is 3. The molecule has 0 saturated heterocycles. The van der Waals surface area contributed by atoms with E-state index >= 15 is 0 Å². The Morgan fingerprint density at radius 1 is 1.40 bits per heavy atom. The molecular weight excluding hydrogens is 282 g/mol. The minimum atomic E-state index is -0.865. The van der Waals surface area contributed by atoms with Crippen molar-refractivity contribution in [2.75, 3.05) is 35.7 Å². The fourth-order valence-corrected chi connectivity index (χ4v) is 1.99. The van der Waals surface area contributed by atoms with E-state index in [4.69, 9.17) is 0 Å². The smallest absolute Gasteiger partial charge is 0.329 e. The predicted octanol–water partition coefficient (Wildman–Crippen LogP) is 1.39. The quantitative estimate of drug-likeness (QED) is 0.403. The van der Waals surface area contributed by atoms with Crippen LogP contribution < -0.4 is 10.6 Å². The van der Waals surface area contributed by atoms with Crippen LogP contribution in [0.2, 0.25) is 0 Å². The van der Waals surface area contributed by atoms with E-state index in [1.165, 1.54) is 6.20 Å². The average Bonchev–Trinajstić information content (AvgIpc) is 2.41. The van der Waals surface area contributed by atoms with Gasteiger partial charge in [-0.25, -0.2) is 4.98 Å². The SMILES string of the molecule is CCCNc1ncc([N+](=O)[O-])c(NCCCS(C)=O)n1. The first-order chi connectivity index (χ1) is 9.54. The highest BCUT2D eigenvalue weighted by Crippen LogP contribution is 2.21. The van der Waals surface area contributed by atoms with E-state index in [2.05, 4.69) is 20.6 Å². The average molecular weight is 301 g/mol. The van der Waals surface area contributed by atoms with Gasteiger partial charge in [0.05, 0.1) is 4.92 Å². The van der Waals surface area contributed by atoms with E-state index in [0.29, 0.717) is 31.2 Å². The summed E-state index contributed by atoms with van der Waals surface area (Å²) in [5.74, 6) is 1.09. The molecule has 1 heterocycles. The first-order valence-electron chi connectivity index (χ1n) is 6.33. The Morgan fingerprint density at radius 2 is 2.15 bits per heavy atom. The third kappa shape index (κ3) is 5.47. The van der Waals surface area contributed by atoms with Crippen molar-refractivity contribution < 1.29 is 9.13 Å². The summed E-state index contributed by atoms with van der Waals surface area (Å²) in [4.78, 5) is 18.4. The molecule has 0 radical (unpaired) electrons. The van der Waals surface area contributed by atoms with Gasteiger partial charge in [0.25, 0.3) is 0 Å². The molecule has 112 valence electrons. The highest BCUT2D eigenvalue weighted by atomic mass is 32.2. The lowest BCUT2D eigenvalue weighted by atomic mass is 10.4.